The highest BCUT2D eigenvalue weighted by Crippen LogP contribution is 2.33. The number of benzene rings is 2. The average molecular weight is 379 g/mol. The monoisotopic (exact) mass is 379 g/mol. The van der Waals surface area contributed by atoms with E-state index < -0.39 is 0 Å². The maximum Gasteiger partial charge on any atom is 0.262 e. The summed E-state index contributed by atoms with van der Waals surface area (Å²) in [6.07, 6.45) is 0.238. The van der Waals surface area contributed by atoms with Crippen LogP contribution in [0.1, 0.15) is 10.6 Å². The molecule has 3 aromatic rings. The Morgan fingerprint density at radius 2 is 2.07 bits per heavy atom. The van der Waals surface area contributed by atoms with E-state index in [4.69, 9.17) is 4.74 Å². The molecule has 2 heterocycles. The second kappa shape index (κ2) is 7.59. The van der Waals surface area contributed by atoms with Crippen molar-refractivity contribution in [2.45, 2.75) is 13.0 Å². The average Bonchev–Trinajstić information content (AvgIpc) is 3.15. The molecule has 6 nitrogen and oxygen atoms in total. The smallest absolute Gasteiger partial charge is 0.262 e. The number of rotatable bonds is 5. The van der Waals surface area contributed by atoms with E-state index in [2.05, 4.69) is 15.6 Å². The van der Waals surface area contributed by atoms with E-state index in [1.54, 1.807) is 0 Å². The molecule has 1 aliphatic heterocycles. The van der Waals surface area contributed by atoms with Crippen LogP contribution in [0.15, 0.2) is 53.9 Å². The number of hydrogen-bond donors (Lipinski definition) is 2. The molecule has 4 rings (SSSR count). The van der Waals surface area contributed by atoms with Crippen molar-refractivity contribution in [3.63, 3.8) is 0 Å². The van der Waals surface area contributed by atoms with Crippen LogP contribution in [0, 0.1) is 0 Å². The molecule has 0 atom stereocenters. The van der Waals surface area contributed by atoms with Crippen LogP contribution in [0.25, 0.3) is 11.3 Å². The van der Waals surface area contributed by atoms with E-state index in [-0.39, 0.29) is 24.8 Å². The summed E-state index contributed by atoms with van der Waals surface area (Å²) in [5, 5.41) is 8.35. The number of carbonyl (C=O) groups is 2. The lowest BCUT2D eigenvalue weighted by molar-refractivity contribution is -0.120. The predicted molar refractivity (Wildman–Crippen MR) is 104 cm³/mol. The molecular weight excluding hydrogens is 362 g/mol. The van der Waals surface area contributed by atoms with Crippen molar-refractivity contribution in [2.75, 3.05) is 11.9 Å². The minimum Gasteiger partial charge on any atom is -0.482 e. The Bertz CT molecular complexity index is 985. The number of carbonyl (C=O) groups excluding carboxylic acids is 2. The highest BCUT2D eigenvalue weighted by molar-refractivity contribution is 7.10. The van der Waals surface area contributed by atoms with Gasteiger partial charge in [-0.15, -0.1) is 11.3 Å². The van der Waals surface area contributed by atoms with Gasteiger partial charge in [0.1, 0.15) is 10.8 Å². The molecule has 0 spiro atoms. The summed E-state index contributed by atoms with van der Waals surface area (Å²) in [6.45, 7) is 0.535. The molecule has 0 bridgehead atoms. The van der Waals surface area contributed by atoms with Crippen molar-refractivity contribution >= 4 is 28.8 Å². The molecule has 7 heteroatoms. The van der Waals surface area contributed by atoms with E-state index in [9.17, 15) is 9.59 Å². The summed E-state index contributed by atoms with van der Waals surface area (Å²) in [5.41, 5.74) is 3.34. The van der Waals surface area contributed by atoms with Crippen LogP contribution in [0.4, 0.5) is 5.69 Å². The summed E-state index contributed by atoms with van der Waals surface area (Å²) in [7, 11) is 0. The minimum atomic E-state index is -0.172. The zero-order valence-electron chi connectivity index (χ0n) is 14.4. The maximum atomic E-state index is 12.2. The highest BCUT2D eigenvalue weighted by atomic mass is 32.1. The van der Waals surface area contributed by atoms with Crippen LogP contribution >= 0.6 is 11.3 Å². The van der Waals surface area contributed by atoms with E-state index in [0.717, 1.165) is 21.8 Å². The van der Waals surface area contributed by atoms with Crippen LogP contribution in [-0.2, 0) is 22.6 Å². The molecule has 2 amide bonds. The summed E-state index contributed by atoms with van der Waals surface area (Å²) < 4.78 is 5.37. The third-order valence-corrected chi connectivity index (χ3v) is 4.95. The number of nitrogens with zero attached hydrogens (tertiary/aromatic N) is 1. The van der Waals surface area contributed by atoms with Gasteiger partial charge < -0.3 is 15.4 Å². The lowest BCUT2D eigenvalue weighted by atomic mass is 10.1. The zero-order chi connectivity index (χ0) is 18.6. The van der Waals surface area contributed by atoms with Crippen molar-refractivity contribution in [1.29, 1.82) is 0 Å². The Kier molecular flexibility index (Phi) is 4.84. The molecular formula is C20H17N3O3S. The highest BCUT2D eigenvalue weighted by Gasteiger charge is 2.17. The van der Waals surface area contributed by atoms with Gasteiger partial charge in [-0.25, -0.2) is 4.98 Å². The van der Waals surface area contributed by atoms with E-state index in [0.29, 0.717) is 18.0 Å². The number of anilines is 1. The van der Waals surface area contributed by atoms with Gasteiger partial charge in [-0.05, 0) is 23.8 Å². The first-order valence-corrected chi connectivity index (χ1v) is 9.37. The van der Waals surface area contributed by atoms with Crippen molar-refractivity contribution < 1.29 is 14.3 Å². The summed E-state index contributed by atoms with van der Waals surface area (Å²) >= 11 is 1.44. The fourth-order valence-electron chi connectivity index (χ4n) is 2.76. The van der Waals surface area contributed by atoms with Gasteiger partial charge in [0.05, 0.1) is 17.8 Å². The van der Waals surface area contributed by atoms with Crippen molar-refractivity contribution in [2.24, 2.45) is 0 Å². The Morgan fingerprint density at radius 1 is 1.22 bits per heavy atom. The molecule has 27 heavy (non-hydrogen) atoms. The van der Waals surface area contributed by atoms with Gasteiger partial charge in [0, 0.05) is 17.5 Å². The molecule has 1 aromatic heterocycles. The molecule has 0 saturated heterocycles. The predicted octanol–water partition coefficient (Wildman–Crippen LogP) is 3.00. The summed E-state index contributed by atoms with van der Waals surface area (Å²) in [5.74, 6) is 0.411. The molecule has 0 radical (unpaired) electrons. The third-order valence-electron chi connectivity index (χ3n) is 4.10. The van der Waals surface area contributed by atoms with E-state index in [1.807, 2.05) is 53.9 Å². The van der Waals surface area contributed by atoms with Crippen molar-refractivity contribution in [3.8, 4) is 17.0 Å². The Balaban J connectivity index is 1.40. The van der Waals surface area contributed by atoms with Crippen LogP contribution in [0.5, 0.6) is 5.75 Å². The fraction of sp³-hybridized carbons (Fsp3) is 0.150. The van der Waals surface area contributed by atoms with E-state index in [1.165, 1.54) is 11.3 Å². The summed E-state index contributed by atoms with van der Waals surface area (Å²) in [4.78, 5) is 28.2. The Hall–Kier alpha value is -3.19. The molecule has 2 aromatic carbocycles. The Morgan fingerprint density at radius 3 is 2.93 bits per heavy atom. The van der Waals surface area contributed by atoms with Gasteiger partial charge in [-0.1, -0.05) is 30.3 Å². The summed E-state index contributed by atoms with van der Waals surface area (Å²) in [6, 6.07) is 15.3. The third kappa shape index (κ3) is 4.15. The number of hydrogen-bond acceptors (Lipinski definition) is 5. The van der Waals surface area contributed by atoms with Gasteiger partial charge in [0.25, 0.3) is 5.91 Å². The van der Waals surface area contributed by atoms with Crippen LogP contribution in [0.3, 0.4) is 0 Å². The molecule has 1 aliphatic rings. The minimum absolute atomic E-state index is 0.0330. The van der Waals surface area contributed by atoms with Crippen LogP contribution in [0.2, 0.25) is 0 Å². The quantitative estimate of drug-likeness (QED) is 0.714. The van der Waals surface area contributed by atoms with Gasteiger partial charge in [0.15, 0.2) is 6.61 Å². The number of aromatic nitrogens is 1. The first kappa shape index (κ1) is 17.2. The molecule has 2 N–H and O–H groups in total. The molecule has 0 saturated carbocycles. The van der Waals surface area contributed by atoms with Crippen LogP contribution in [-0.4, -0.2) is 23.4 Å². The van der Waals surface area contributed by atoms with Gasteiger partial charge >= 0.3 is 0 Å². The van der Waals surface area contributed by atoms with Crippen molar-refractivity contribution in [1.82, 2.24) is 10.3 Å². The number of thiazole rings is 1. The Labute approximate surface area is 160 Å². The standard InChI is InChI=1S/C20H17N3O3S/c24-18(21-10-13-4-2-1-3-5-13)9-20-23-16(12-27-20)14-6-7-17-15(8-14)22-19(25)11-26-17/h1-8,12H,9-11H2,(H,21,24)(H,22,25). The largest absolute Gasteiger partial charge is 0.482 e. The second-order valence-electron chi connectivity index (χ2n) is 6.11. The lowest BCUT2D eigenvalue weighted by Gasteiger charge is -2.18. The molecule has 136 valence electrons. The zero-order valence-corrected chi connectivity index (χ0v) is 15.2. The topological polar surface area (TPSA) is 80.3 Å². The SMILES string of the molecule is O=C(Cc1nc(-c2ccc3c(c2)NC(=O)CO3)cs1)NCc1ccccc1. The molecule has 0 aliphatic carbocycles. The number of fused-ring (bicyclic) bond motifs is 1. The van der Waals surface area contributed by atoms with Gasteiger partial charge in [-0.3, -0.25) is 9.59 Å². The number of ether oxygens (including phenoxy) is 1. The maximum absolute atomic E-state index is 12.2. The molecule has 0 unspecified atom stereocenters. The van der Waals surface area contributed by atoms with Crippen molar-refractivity contribution in [3.05, 3.63) is 64.5 Å². The molecule has 0 fully saturated rings. The fourth-order valence-corrected chi connectivity index (χ4v) is 3.57. The number of amides is 2. The van der Waals surface area contributed by atoms with Gasteiger partial charge in [0.2, 0.25) is 5.91 Å². The first-order chi connectivity index (χ1) is 13.2. The van der Waals surface area contributed by atoms with Gasteiger partial charge in [-0.2, -0.15) is 0 Å². The first-order valence-electron chi connectivity index (χ1n) is 8.49. The second-order valence-corrected chi connectivity index (χ2v) is 7.06. The van der Waals surface area contributed by atoms with Crippen LogP contribution < -0.4 is 15.4 Å². The normalized spacial score (nSPS) is 12.7. The van der Waals surface area contributed by atoms with E-state index >= 15 is 0 Å². The number of nitrogens with one attached hydrogen (secondary N) is 2. The lowest BCUT2D eigenvalue weighted by Crippen LogP contribution is -2.25.